The van der Waals surface area contributed by atoms with E-state index in [4.69, 9.17) is 13.6 Å². The first kappa shape index (κ1) is 17.5. The standard InChI is InChI=1S/C19H18N2O5/c1-13-17(20-18(26-13)14-7-4-3-5-8-14)19(23)25-12-16(22)21(2)11-15-9-6-10-24-15/h3-10H,11-12H2,1-2H3. The second kappa shape index (κ2) is 7.69. The fourth-order valence-electron chi connectivity index (χ4n) is 2.32. The molecule has 0 unspecified atom stereocenters. The number of nitrogens with zero attached hydrogens (tertiary/aromatic N) is 2. The van der Waals surface area contributed by atoms with Crippen molar-refractivity contribution in [3.8, 4) is 11.5 Å². The van der Waals surface area contributed by atoms with E-state index < -0.39 is 5.97 Å². The first-order chi connectivity index (χ1) is 12.5. The molecule has 1 amide bonds. The van der Waals surface area contributed by atoms with Crippen molar-refractivity contribution in [3.63, 3.8) is 0 Å². The Morgan fingerprint density at radius 1 is 1.15 bits per heavy atom. The molecule has 0 spiro atoms. The zero-order chi connectivity index (χ0) is 18.5. The van der Waals surface area contributed by atoms with Crippen LogP contribution in [-0.2, 0) is 16.1 Å². The number of carbonyl (C=O) groups excluding carboxylic acids is 2. The summed E-state index contributed by atoms with van der Waals surface area (Å²) < 4.78 is 15.8. The second-order valence-electron chi connectivity index (χ2n) is 5.70. The van der Waals surface area contributed by atoms with Gasteiger partial charge in [0.1, 0.15) is 11.5 Å². The average molecular weight is 354 g/mol. The number of furan rings is 1. The largest absolute Gasteiger partial charge is 0.467 e. The number of oxazole rings is 1. The maximum absolute atomic E-state index is 12.2. The van der Waals surface area contributed by atoms with Crippen molar-refractivity contribution in [2.75, 3.05) is 13.7 Å². The summed E-state index contributed by atoms with van der Waals surface area (Å²) in [6, 6.07) is 12.7. The number of aryl methyl sites for hydroxylation is 1. The van der Waals surface area contributed by atoms with Gasteiger partial charge in [-0.05, 0) is 31.2 Å². The Hall–Kier alpha value is -3.35. The van der Waals surface area contributed by atoms with Gasteiger partial charge in [-0.15, -0.1) is 0 Å². The lowest BCUT2D eigenvalue weighted by molar-refractivity contribution is -0.134. The van der Waals surface area contributed by atoms with Gasteiger partial charge in [-0.3, -0.25) is 4.79 Å². The normalized spacial score (nSPS) is 10.5. The summed E-state index contributed by atoms with van der Waals surface area (Å²) in [5.41, 5.74) is 0.814. The van der Waals surface area contributed by atoms with E-state index in [1.807, 2.05) is 30.3 Å². The summed E-state index contributed by atoms with van der Waals surface area (Å²) in [6.45, 7) is 1.54. The van der Waals surface area contributed by atoms with Crippen LogP contribution in [0.4, 0.5) is 0 Å². The van der Waals surface area contributed by atoms with Crippen LogP contribution < -0.4 is 0 Å². The number of benzene rings is 1. The van der Waals surface area contributed by atoms with E-state index in [9.17, 15) is 9.59 Å². The molecule has 0 aliphatic carbocycles. The van der Waals surface area contributed by atoms with E-state index in [0.29, 0.717) is 24.0 Å². The van der Waals surface area contributed by atoms with Crippen LogP contribution in [0.2, 0.25) is 0 Å². The topological polar surface area (TPSA) is 85.8 Å². The van der Waals surface area contributed by atoms with Crippen LogP contribution in [0.3, 0.4) is 0 Å². The van der Waals surface area contributed by atoms with E-state index in [1.54, 1.807) is 26.1 Å². The maximum Gasteiger partial charge on any atom is 0.361 e. The third-order valence-electron chi connectivity index (χ3n) is 3.74. The highest BCUT2D eigenvalue weighted by atomic mass is 16.5. The van der Waals surface area contributed by atoms with Gasteiger partial charge >= 0.3 is 5.97 Å². The molecule has 26 heavy (non-hydrogen) atoms. The molecule has 2 aromatic heterocycles. The molecule has 3 rings (SSSR count). The molecular weight excluding hydrogens is 336 g/mol. The molecule has 0 radical (unpaired) electrons. The van der Waals surface area contributed by atoms with E-state index in [0.717, 1.165) is 5.56 Å². The number of amides is 1. The number of hydrogen-bond donors (Lipinski definition) is 0. The number of aromatic nitrogens is 1. The van der Waals surface area contributed by atoms with Gasteiger partial charge in [-0.25, -0.2) is 9.78 Å². The number of rotatable bonds is 6. The molecular formula is C19H18N2O5. The minimum atomic E-state index is -0.701. The lowest BCUT2D eigenvalue weighted by Crippen LogP contribution is -2.30. The van der Waals surface area contributed by atoms with E-state index in [-0.39, 0.29) is 18.2 Å². The molecule has 2 heterocycles. The van der Waals surface area contributed by atoms with Gasteiger partial charge in [0.2, 0.25) is 5.89 Å². The van der Waals surface area contributed by atoms with Crippen LogP contribution in [0.15, 0.2) is 57.6 Å². The molecule has 0 aliphatic heterocycles. The molecule has 1 aromatic carbocycles. The van der Waals surface area contributed by atoms with Crippen LogP contribution in [0.1, 0.15) is 22.0 Å². The highest BCUT2D eigenvalue weighted by molar-refractivity contribution is 5.90. The number of ether oxygens (including phenoxy) is 1. The molecule has 0 saturated heterocycles. The smallest absolute Gasteiger partial charge is 0.361 e. The van der Waals surface area contributed by atoms with Crippen LogP contribution in [0.5, 0.6) is 0 Å². The van der Waals surface area contributed by atoms with Gasteiger partial charge in [0.05, 0.1) is 12.8 Å². The first-order valence-corrected chi connectivity index (χ1v) is 8.01. The third kappa shape index (κ3) is 4.00. The number of esters is 1. The van der Waals surface area contributed by atoms with Crippen molar-refractivity contribution in [2.45, 2.75) is 13.5 Å². The Morgan fingerprint density at radius 3 is 2.62 bits per heavy atom. The molecule has 0 fully saturated rings. The average Bonchev–Trinajstić information content (AvgIpc) is 3.29. The molecule has 0 bridgehead atoms. The summed E-state index contributed by atoms with van der Waals surface area (Å²) in [5.74, 6) is 0.265. The van der Waals surface area contributed by atoms with E-state index >= 15 is 0 Å². The monoisotopic (exact) mass is 354 g/mol. The van der Waals surface area contributed by atoms with Crippen LogP contribution in [0.25, 0.3) is 11.5 Å². The molecule has 0 N–H and O–H groups in total. The van der Waals surface area contributed by atoms with Crippen molar-refractivity contribution in [3.05, 3.63) is 65.9 Å². The van der Waals surface area contributed by atoms with Gasteiger partial charge in [-0.2, -0.15) is 0 Å². The highest BCUT2D eigenvalue weighted by Gasteiger charge is 2.21. The summed E-state index contributed by atoms with van der Waals surface area (Å²) in [6.07, 6.45) is 1.53. The third-order valence-corrected chi connectivity index (χ3v) is 3.74. The van der Waals surface area contributed by atoms with Crippen molar-refractivity contribution >= 4 is 11.9 Å². The summed E-state index contributed by atoms with van der Waals surface area (Å²) in [5, 5.41) is 0. The molecule has 0 atom stereocenters. The minimum absolute atomic E-state index is 0.0605. The van der Waals surface area contributed by atoms with Gasteiger partial charge in [0.25, 0.3) is 5.91 Å². The van der Waals surface area contributed by atoms with Crippen LogP contribution in [0, 0.1) is 6.92 Å². The number of likely N-dealkylation sites (N-methyl/N-ethyl adjacent to an activating group) is 1. The van der Waals surface area contributed by atoms with Gasteiger partial charge in [0, 0.05) is 12.6 Å². The highest BCUT2D eigenvalue weighted by Crippen LogP contribution is 2.21. The molecule has 134 valence electrons. The molecule has 7 nitrogen and oxygen atoms in total. The van der Waals surface area contributed by atoms with Crippen LogP contribution in [-0.4, -0.2) is 35.4 Å². The summed E-state index contributed by atoms with van der Waals surface area (Å²) in [7, 11) is 1.60. The fourth-order valence-corrected chi connectivity index (χ4v) is 2.32. The Kier molecular flexibility index (Phi) is 5.17. The number of carbonyl (C=O) groups is 2. The Morgan fingerprint density at radius 2 is 1.92 bits per heavy atom. The second-order valence-corrected chi connectivity index (χ2v) is 5.70. The molecule has 3 aromatic rings. The van der Waals surface area contributed by atoms with Crippen LogP contribution >= 0.6 is 0 Å². The van der Waals surface area contributed by atoms with E-state index in [2.05, 4.69) is 4.98 Å². The SMILES string of the molecule is Cc1oc(-c2ccccc2)nc1C(=O)OCC(=O)N(C)Cc1ccco1. The minimum Gasteiger partial charge on any atom is -0.467 e. The lowest BCUT2D eigenvalue weighted by atomic mass is 10.2. The van der Waals surface area contributed by atoms with E-state index in [1.165, 1.54) is 11.2 Å². The Bertz CT molecular complexity index is 884. The predicted octanol–water partition coefficient (Wildman–Crippen LogP) is 3.06. The van der Waals surface area contributed by atoms with Gasteiger partial charge in [-0.1, -0.05) is 18.2 Å². The van der Waals surface area contributed by atoms with Crippen molar-refractivity contribution in [1.29, 1.82) is 0 Å². The summed E-state index contributed by atoms with van der Waals surface area (Å²) in [4.78, 5) is 29.9. The van der Waals surface area contributed by atoms with Crippen molar-refractivity contribution in [2.24, 2.45) is 0 Å². The van der Waals surface area contributed by atoms with Gasteiger partial charge < -0.3 is 18.5 Å². The van der Waals surface area contributed by atoms with Gasteiger partial charge in [0.15, 0.2) is 12.3 Å². The predicted molar refractivity (Wildman–Crippen MR) is 92.1 cm³/mol. The quantitative estimate of drug-likeness (QED) is 0.633. The van der Waals surface area contributed by atoms with Crippen molar-refractivity contribution in [1.82, 2.24) is 9.88 Å². The lowest BCUT2D eigenvalue weighted by Gasteiger charge is -2.15. The molecule has 0 saturated carbocycles. The fraction of sp³-hybridized carbons (Fsp3) is 0.211. The maximum atomic E-state index is 12.2. The molecule has 7 heteroatoms. The Labute approximate surface area is 150 Å². The Balaban J connectivity index is 1.60. The first-order valence-electron chi connectivity index (χ1n) is 8.01. The van der Waals surface area contributed by atoms with Crippen molar-refractivity contribution < 1.29 is 23.2 Å². The zero-order valence-electron chi connectivity index (χ0n) is 14.5. The molecule has 0 aliphatic rings. The summed E-state index contributed by atoms with van der Waals surface area (Å²) >= 11 is 0. The number of hydrogen-bond acceptors (Lipinski definition) is 6. The zero-order valence-corrected chi connectivity index (χ0v) is 14.5.